The normalized spacial score (nSPS) is 10.5. The predicted octanol–water partition coefficient (Wildman–Crippen LogP) is 4.84. The highest BCUT2D eigenvalue weighted by Gasteiger charge is 2.08. The van der Waals surface area contributed by atoms with Crippen LogP contribution in [0.15, 0.2) is 60.2 Å². The fourth-order valence-corrected chi connectivity index (χ4v) is 2.22. The lowest BCUT2D eigenvalue weighted by Gasteiger charge is -2.10. The van der Waals surface area contributed by atoms with Crippen LogP contribution in [0.1, 0.15) is 29.8 Å². The number of benzene rings is 2. The lowest BCUT2D eigenvalue weighted by atomic mass is 10.1. The van der Waals surface area contributed by atoms with Crippen LogP contribution < -0.4 is 9.47 Å². The summed E-state index contributed by atoms with van der Waals surface area (Å²) in [5.41, 5.74) is 2.27. The van der Waals surface area contributed by atoms with Crippen LogP contribution in [0.2, 0.25) is 0 Å². The van der Waals surface area contributed by atoms with E-state index in [9.17, 15) is 14.9 Å². The number of allylic oxidation sites excluding steroid dienone is 2. The minimum atomic E-state index is -0.502. The fourth-order valence-electron chi connectivity index (χ4n) is 2.22. The number of rotatable bonds is 8. The minimum absolute atomic E-state index is 0.0519. The molecule has 0 aliphatic carbocycles. The molecule has 27 heavy (non-hydrogen) atoms. The van der Waals surface area contributed by atoms with E-state index < -0.39 is 4.92 Å². The second kappa shape index (κ2) is 9.33. The second-order valence-electron chi connectivity index (χ2n) is 6.00. The van der Waals surface area contributed by atoms with Crippen LogP contribution in [0.3, 0.4) is 0 Å². The Morgan fingerprint density at radius 1 is 1.11 bits per heavy atom. The number of nitro groups is 1. The van der Waals surface area contributed by atoms with Crippen molar-refractivity contribution < 1.29 is 19.2 Å². The molecule has 0 bridgehead atoms. The van der Waals surface area contributed by atoms with Crippen LogP contribution in [0.4, 0.5) is 5.69 Å². The number of methoxy groups -OCH3 is 1. The third kappa shape index (κ3) is 5.81. The molecule has 0 N–H and O–H groups in total. The van der Waals surface area contributed by atoms with Crippen molar-refractivity contribution in [2.45, 2.75) is 13.8 Å². The number of carbonyl (C=O) groups is 1. The molecule has 0 heterocycles. The van der Waals surface area contributed by atoms with Crippen molar-refractivity contribution in [2.24, 2.45) is 0 Å². The SMILES string of the molecule is COc1cc(/C=C/C(=O)c2ccc([N+](=O)[O-])cc2)ccc1OCC=C(C)C. The summed E-state index contributed by atoms with van der Waals surface area (Å²) in [5, 5.41) is 10.7. The van der Waals surface area contributed by atoms with Crippen molar-refractivity contribution in [1.82, 2.24) is 0 Å². The third-order valence-corrected chi connectivity index (χ3v) is 3.71. The van der Waals surface area contributed by atoms with E-state index in [1.807, 2.05) is 26.0 Å². The monoisotopic (exact) mass is 367 g/mol. The number of ketones is 1. The van der Waals surface area contributed by atoms with Crippen LogP contribution >= 0.6 is 0 Å². The van der Waals surface area contributed by atoms with E-state index in [1.165, 1.54) is 35.9 Å². The van der Waals surface area contributed by atoms with E-state index in [1.54, 1.807) is 25.3 Å². The molecule has 0 saturated heterocycles. The Balaban J connectivity index is 2.10. The molecule has 0 aliphatic rings. The van der Waals surface area contributed by atoms with Crippen LogP contribution in [0.25, 0.3) is 6.08 Å². The van der Waals surface area contributed by atoms with Crippen LogP contribution in [0.5, 0.6) is 11.5 Å². The quantitative estimate of drug-likeness (QED) is 0.219. The Hall–Kier alpha value is -3.41. The maximum absolute atomic E-state index is 12.2. The molecule has 2 aromatic carbocycles. The standard InChI is InChI=1S/C21H21NO5/c1-15(2)12-13-27-20-11-5-16(14-21(20)26-3)4-10-19(23)17-6-8-18(9-7-17)22(24)25/h4-12,14H,13H2,1-3H3/b10-4+. The highest BCUT2D eigenvalue weighted by Crippen LogP contribution is 2.28. The minimum Gasteiger partial charge on any atom is -0.493 e. The zero-order valence-corrected chi connectivity index (χ0v) is 15.5. The van der Waals surface area contributed by atoms with Crippen molar-refractivity contribution in [2.75, 3.05) is 13.7 Å². The number of non-ortho nitro benzene ring substituents is 1. The topological polar surface area (TPSA) is 78.7 Å². The molecular weight excluding hydrogens is 346 g/mol. The zero-order chi connectivity index (χ0) is 19.8. The van der Waals surface area contributed by atoms with Gasteiger partial charge in [-0.3, -0.25) is 14.9 Å². The first-order valence-corrected chi connectivity index (χ1v) is 8.32. The van der Waals surface area contributed by atoms with Gasteiger partial charge in [-0.1, -0.05) is 17.7 Å². The third-order valence-electron chi connectivity index (χ3n) is 3.71. The first kappa shape index (κ1) is 19.9. The van der Waals surface area contributed by atoms with Crippen molar-refractivity contribution in [3.63, 3.8) is 0 Å². The first-order valence-electron chi connectivity index (χ1n) is 8.32. The smallest absolute Gasteiger partial charge is 0.269 e. The Labute approximate surface area is 157 Å². The van der Waals surface area contributed by atoms with Crippen molar-refractivity contribution >= 4 is 17.5 Å². The lowest BCUT2D eigenvalue weighted by molar-refractivity contribution is -0.384. The van der Waals surface area contributed by atoms with E-state index in [2.05, 4.69) is 0 Å². The largest absolute Gasteiger partial charge is 0.493 e. The van der Waals surface area contributed by atoms with Gasteiger partial charge in [0.05, 0.1) is 12.0 Å². The van der Waals surface area contributed by atoms with Gasteiger partial charge in [-0.2, -0.15) is 0 Å². The van der Waals surface area contributed by atoms with E-state index >= 15 is 0 Å². The maximum Gasteiger partial charge on any atom is 0.269 e. The molecule has 0 fully saturated rings. The summed E-state index contributed by atoms with van der Waals surface area (Å²) in [5.74, 6) is 0.948. The molecule has 2 aromatic rings. The van der Waals surface area contributed by atoms with Gasteiger partial charge < -0.3 is 9.47 Å². The lowest BCUT2D eigenvalue weighted by Crippen LogP contribution is -1.97. The van der Waals surface area contributed by atoms with Crippen molar-refractivity contribution in [1.29, 1.82) is 0 Å². The number of hydrogen-bond acceptors (Lipinski definition) is 5. The Morgan fingerprint density at radius 2 is 1.81 bits per heavy atom. The van der Waals surface area contributed by atoms with E-state index in [-0.39, 0.29) is 11.5 Å². The van der Waals surface area contributed by atoms with Gasteiger partial charge in [0.1, 0.15) is 6.61 Å². The van der Waals surface area contributed by atoms with Gasteiger partial charge in [-0.25, -0.2) is 0 Å². The fraction of sp³-hybridized carbons (Fsp3) is 0.190. The summed E-state index contributed by atoms with van der Waals surface area (Å²) in [6.07, 6.45) is 5.04. The van der Waals surface area contributed by atoms with Gasteiger partial charge in [0.15, 0.2) is 17.3 Å². The summed E-state index contributed by atoms with van der Waals surface area (Å²) in [6.45, 7) is 4.44. The van der Waals surface area contributed by atoms with Gasteiger partial charge in [-0.05, 0) is 55.8 Å². The van der Waals surface area contributed by atoms with Crippen LogP contribution in [0, 0.1) is 10.1 Å². The molecule has 0 aromatic heterocycles. The molecule has 0 aliphatic heterocycles. The van der Waals surface area contributed by atoms with Crippen LogP contribution in [-0.4, -0.2) is 24.4 Å². The Kier molecular flexibility index (Phi) is 6.88. The summed E-state index contributed by atoms with van der Waals surface area (Å²) in [6, 6.07) is 10.9. The molecule has 0 unspecified atom stereocenters. The van der Waals surface area contributed by atoms with Gasteiger partial charge in [0.2, 0.25) is 0 Å². The van der Waals surface area contributed by atoms with E-state index in [0.717, 1.165) is 5.56 Å². The van der Waals surface area contributed by atoms with Crippen molar-refractivity contribution in [3.8, 4) is 11.5 Å². The summed E-state index contributed by atoms with van der Waals surface area (Å²) in [7, 11) is 1.55. The molecule has 0 amide bonds. The first-order chi connectivity index (χ1) is 12.9. The van der Waals surface area contributed by atoms with Crippen LogP contribution in [-0.2, 0) is 0 Å². The second-order valence-corrected chi connectivity index (χ2v) is 6.00. The molecule has 0 radical (unpaired) electrons. The highest BCUT2D eigenvalue weighted by atomic mass is 16.6. The summed E-state index contributed by atoms with van der Waals surface area (Å²) < 4.78 is 11.0. The molecule has 0 spiro atoms. The highest BCUT2D eigenvalue weighted by molar-refractivity contribution is 6.06. The molecule has 0 saturated carbocycles. The van der Waals surface area contributed by atoms with Gasteiger partial charge in [-0.15, -0.1) is 0 Å². The number of ether oxygens (including phenoxy) is 2. The molecule has 2 rings (SSSR count). The molecule has 6 heteroatoms. The van der Waals surface area contributed by atoms with Gasteiger partial charge in [0, 0.05) is 17.7 Å². The number of carbonyl (C=O) groups excluding carboxylic acids is 1. The van der Waals surface area contributed by atoms with Gasteiger partial charge in [0.25, 0.3) is 5.69 Å². The number of nitro benzene ring substituents is 1. The van der Waals surface area contributed by atoms with Gasteiger partial charge >= 0.3 is 0 Å². The average molecular weight is 367 g/mol. The van der Waals surface area contributed by atoms with Crippen molar-refractivity contribution in [3.05, 3.63) is 81.4 Å². The number of nitrogens with zero attached hydrogens (tertiary/aromatic N) is 1. The summed E-state index contributed by atoms with van der Waals surface area (Å²) >= 11 is 0. The number of hydrogen-bond donors (Lipinski definition) is 0. The Bertz CT molecular complexity index is 878. The van der Waals surface area contributed by atoms with E-state index in [4.69, 9.17) is 9.47 Å². The maximum atomic E-state index is 12.2. The molecule has 0 atom stereocenters. The molecule has 140 valence electrons. The Morgan fingerprint density at radius 3 is 2.41 bits per heavy atom. The molecule has 6 nitrogen and oxygen atoms in total. The summed E-state index contributed by atoms with van der Waals surface area (Å²) in [4.78, 5) is 22.4. The average Bonchev–Trinajstić information content (AvgIpc) is 2.66. The zero-order valence-electron chi connectivity index (χ0n) is 15.5. The van der Waals surface area contributed by atoms with E-state index in [0.29, 0.717) is 23.7 Å². The predicted molar refractivity (Wildman–Crippen MR) is 104 cm³/mol. The molecular formula is C21H21NO5.